The molecule has 3 N–H and O–H groups in total. The predicted molar refractivity (Wildman–Crippen MR) is 121 cm³/mol. The summed E-state index contributed by atoms with van der Waals surface area (Å²) < 4.78 is 6.20. The van der Waals surface area contributed by atoms with E-state index in [1.54, 1.807) is 0 Å². The average Bonchev–Trinajstić information content (AvgIpc) is 3.41. The summed E-state index contributed by atoms with van der Waals surface area (Å²) in [5, 5.41) is 1.06. The second kappa shape index (κ2) is 9.92. The second-order valence-electron chi connectivity index (χ2n) is 7.94. The number of benzene rings is 2. The van der Waals surface area contributed by atoms with Crippen molar-refractivity contribution in [1.82, 2.24) is 9.97 Å². The smallest absolute Gasteiger partial charge is 0.212 e. The molecular weight excluding hydrogens is 390 g/mol. The summed E-state index contributed by atoms with van der Waals surface area (Å²) in [5.74, 6) is 1.69. The molecule has 0 aliphatic heterocycles. The number of nitrogens with one attached hydrogen (secondary N) is 1. The van der Waals surface area contributed by atoms with E-state index in [-0.39, 0.29) is 12.6 Å². The van der Waals surface area contributed by atoms with Gasteiger partial charge >= 0.3 is 0 Å². The Kier molecular flexibility index (Phi) is 6.82. The fraction of sp³-hybridized carbons (Fsp3) is 0.320. The van der Waals surface area contributed by atoms with Gasteiger partial charge in [-0.25, -0.2) is 14.8 Å². The lowest BCUT2D eigenvalue weighted by atomic mass is 10.00. The number of H-pyrrole nitrogens is 1. The molecule has 2 heterocycles. The lowest BCUT2D eigenvalue weighted by Crippen LogP contribution is -2.14. The maximum absolute atomic E-state index is 6.41. The monoisotopic (exact) mass is 419 g/mol. The SMILES string of the molecule is CC[C@@H](C)CC(N)c1nc(COOCc2ccccc2)c(-c2c[nH]c3ccccc23)o1. The van der Waals surface area contributed by atoms with Crippen molar-refractivity contribution < 1.29 is 14.2 Å². The van der Waals surface area contributed by atoms with Crippen LogP contribution in [0.2, 0.25) is 0 Å². The summed E-state index contributed by atoms with van der Waals surface area (Å²) in [5.41, 5.74) is 10.1. The standard InChI is InChI=1S/C25H29N3O3/c1-3-17(2)13-21(26)25-28-23(16-30-29-15-18-9-5-4-6-10-18)24(31-25)20-14-27-22-12-8-7-11-19(20)22/h4-12,14,17,21,27H,3,13,15-16,26H2,1-2H3/t17-,21?/m1/s1. The quantitative estimate of drug-likeness (QED) is 0.190. The van der Waals surface area contributed by atoms with E-state index in [0.717, 1.165) is 34.9 Å². The number of aromatic nitrogens is 2. The van der Waals surface area contributed by atoms with Crippen LogP contribution in [0.15, 0.2) is 65.2 Å². The van der Waals surface area contributed by atoms with E-state index in [1.165, 1.54) is 0 Å². The van der Waals surface area contributed by atoms with Crippen LogP contribution < -0.4 is 5.73 Å². The lowest BCUT2D eigenvalue weighted by molar-refractivity contribution is -0.313. The Morgan fingerprint density at radius 3 is 2.58 bits per heavy atom. The van der Waals surface area contributed by atoms with Gasteiger partial charge in [0.1, 0.15) is 18.9 Å². The number of rotatable bonds is 10. The molecule has 2 atom stereocenters. The van der Waals surface area contributed by atoms with Gasteiger partial charge in [0.05, 0.1) is 6.04 Å². The number of hydrogen-bond donors (Lipinski definition) is 2. The summed E-state index contributed by atoms with van der Waals surface area (Å²) in [6.07, 6.45) is 3.81. The zero-order chi connectivity index (χ0) is 21.6. The largest absolute Gasteiger partial charge is 0.439 e. The van der Waals surface area contributed by atoms with Gasteiger partial charge < -0.3 is 15.1 Å². The molecule has 0 amide bonds. The van der Waals surface area contributed by atoms with Crippen LogP contribution in [-0.4, -0.2) is 9.97 Å². The number of nitrogens with two attached hydrogens (primary N) is 1. The van der Waals surface area contributed by atoms with E-state index in [2.05, 4.69) is 24.9 Å². The zero-order valence-corrected chi connectivity index (χ0v) is 18.0. The molecule has 31 heavy (non-hydrogen) atoms. The van der Waals surface area contributed by atoms with Gasteiger partial charge in [-0.15, -0.1) is 0 Å². The highest BCUT2D eigenvalue weighted by Crippen LogP contribution is 2.34. The minimum Gasteiger partial charge on any atom is -0.439 e. The van der Waals surface area contributed by atoms with E-state index in [9.17, 15) is 0 Å². The van der Waals surface area contributed by atoms with Crippen molar-refractivity contribution in [3.8, 4) is 11.3 Å². The zero-order valence-electron chi connectivity index (χ0n) is 18.0. The van der Waals surface area contributed by atoms with Crippen molar-refractivity contribution in [3.63, 3.8) is 0 Å². The number of para-hydroxylation sites is 1. The van der Waals surface area contributed by atoms with Crippen molar-refractivity contribution in [2.75, 3.05) is 0 Å². The molecule has 4 rings (SSSR count). The van der Waals surface area contributed by atoms with Gasteiger partial charge in [-0.1, -0.05) is 68.8 Å². The Morgan fingerprint density at radius 1 is 1.03 bits per heavy atom. The normalized spacial score (nSPS) is 13.5. The molecule has 0 saturated carbocycles. The molecule has 4 aromatic rings. The molecule has 0 bridgehead atoms. The van der Waals surface area contributed by atoms with E-state index in [0.29, 0.717) is 29.9 Å². The Labute approximate surface area is 182 Å². The van der Waals surface area contributed by atoms with Crippen LogP contribution in [-0.2, 0) is 23.0 Å². The van der Waals surface area contributed by atoms with E-state index in [4.69, 9.17) is 24.9 Å². The first kappa shape index (κ1) is 21.3. The van der Waals surface area contributed by atoms with Gasteiger partial charge in [0.15, 0.2) is 5.76 Å². The Morgan fingerprint density at radius 2 is 1.77 bits per heavy atom. The molecule has 2 aromatic heterocycles. The van der Waals surface area contributed by atoms with Crippen LogP contribution in [0.1, 0.15) is 49.9 Å². The Balaban J connectivity index is 1.56. The molecule has 0 aliphatic carbocycles. The number of aromatic amines is 1. The summed E-state index contributed by atoms with van der Waals surface area (Å²) in [6, 6.07) is 17.7. The third-order valence-corrected chi connectivity index (χ3v) is 5.57. The average molecular weight is 420 g/mol. The van der Waals surface area contributed by atoms with Gasteiger partial charge in [0.2, 0.25) is 5.89 Å². The molecular formula is C25H29N3O3. The van der Waals surface area contributed by atoms with Gasteiger partial charge in [0, 0.05) is 22.7 Å². The van der Waals surface area contributed by atoms with Crippen LogP contribution in [0.4, 0.5) is 0 Å². The molecule has 6 nitrogen and oxygen atoms in total. The highest BCUT2D eigenvalue weighted by molar-refractivity contribution is 5.94. The molecule has 6 heteroatoms. The van der Waals surface area contributed by atoms with Gasteiger partial charge in [-0.3, -0.25) is 0 Å². The molecule has 0 fully saturated rings. The van der Waals surface area contributed by atoms with Crippen molar-refractivity contribution in [3.05, 3.63) is 77.9 Å². The fourth-order valence-corrected chi connectivity index (χ4v) is 3.58. The van der Waals surface area contributed by atoms with Crippen LogP contribution in [0.5, 0.6) is 0 Å². The van der Waals surface area contributed by atoms with E-state index in [1.807, 2.05) is 54.7 Å². The van der Waals surface area contributed by atoms with E-state index >= 15 is 0 Å². The molecule has 0 spiro atoms. The van der Waals surface area contributed by atoms with Gasteiger partial charge in [-0.2, -0.15) is 0 Å². The third kappa shape index (κ3) is 5.05. The minimum absolute atomic E-state index is 0.168. The Hall–Kier alpha value is -2.93. The van der Waals surface area contributed by atoms with Crippen LogP contribution >= 0.6 is 0 Å². The van der Waals surface area contributed by atoms with Gasteiger partial charge in [-0.05, 0) is 24.0 Å². The van der Waals surface area contributed by atoms with Crippen molar-refractivity contribution in [2.24, 2.45) is 11.7 Å². The topological polar surface area (TPSA) is 86.3 Å². The van der Waals surface area contributed by atoms with Crippen LogP contribution in [0.3, 0.4) is 0 Å². The highest BCUT2D eigenvalue weighted by atomic mass is 17.2. The Bertz CT molecular complexity index is 1100. The second-order valence-corrected chi connectivity index (χ2v) is 7.94. The van der Waals surface area contributed by atoms with Crippen molar-refractivity contribution in [1.29, 1.82) is 0 Å². The molecule has 0 aliphatic rings. The van der Waals surface area contributed by atoms with Crippen LogP contribution in [0, 0.1) is 5.92 Å². The third-order valence-electron chi connectivity index (χ3n) is 5.57. The maximum atomic E-state index is 6.41. The summed E-state index contributed by atoms with van der Waals surface area (Å²) in [6.45, 7) is 4.88. The number of fused-ring (bicyclic) bond motifs is 1. The summed E-state index contributed by atoms with van der Waals surface area (Å²) in [4.78, 5) is 18.9. The number of oxazole rings is 1. The van der Waals surface area contributed by atoms with Gasteiger partial charge in [0.25, 0.3) is 0 Å². The minimum atomic E-state index is -0.266. The first-order valence-corrected chi connectivity index (χ1v) is 10.8. The van der Waals surface area contributed by atoms with E-state index < -0.39 is 0 Å². The lowest BCUT2D eigenvalue weighted by Gasteiger charge is -2.12. The molecule has 2 aromatic carbocycles. The van der Waals surface area contributed by atoms with Crippen molar-refractivity contribution >= 4 is 10.9 Å². The predicted octanol–water partition coefficient (Wildman–Crippen LogP) is 5.91. The first-order valence-electron chi connectivity index (χ1n) is 10.8. The molecule has 0 saturated heterocycles. The van der Waals surface area contributed by atoms with Crippen LogP contribution in [0.25, 0.3) is 22.2 Å². The van der Waals surface area contributed by atoms with Crippen molar-refractivity contribution in [2.45, 2.75) is 45.9 Å². The fourth-order valence-electron chi connectivity index (χ4n) is 3.58. The number of hydrogen-bond acceptors (Lipinski definition) is 5. The molecule has 1 unspecified atom stereocenters. The highest BCUT2D eigenvalue weighted by Gasteiger charge is 2.23. The molecule has 162 valence electrons. The summed E-state index contributed by atoms with van der Waals surface area (Å²) in [7, 11) is 0. The maximum Gasteiger partial charge on any atom is 0.212 e. The first-order chi connectivity index (χ1) is 15.2. The molecule has 0 radical (unpaired) electrons. The summed E-state index contributed by atoms with van der Waals surface area (Å²) >= 11 is 0. The number of nitrogens with zero attached hydrogens (tertiary/aromatic N) is 1.